The number of aryl methyl sites for hydroxylation is 2. The lowest BCUT2D eigenvalue weighted by Crippen LogP contribution is -2.04. The summed E-state index contributed by atoms with van der Waals surface area (Å²) in [6.45, 7) is 4.20. The first-order valence-corrected chi connectivity index (χ1v) is 20.8. The van der Waals surface area contributed by atoms with E-state index >= 15 is 0 Å². The largest absolute Gasteiger partial charge is 0.454 e. The lowest BCUT2D eigenvalue weighted by molar-refractivity contribution is 0.668. The molecule has 0 unspecified atom stereocenters. The van der Waals surface area contributed by atoms with E-state index in [4.69, 9.17) is 4.42 Å². The standard InChI is InChI=1S/C58H37N3O/c1-36-28-30-47-43(32-36)44-33-37(2)29-31-48(44)61(47)56-46(35-60)57-54(45(34-59)49(56)38-18-8-3-9-19-38)55-52(41-24-14-6-15-25-41)50(39-20-10-4-11-21-39)51(40-22-12-5-13-23-40)53(58(55)62-57)42-26-16-7-17-27-42/h3-33H,1-2H3. The van der Waals surface area contributed by atoms with Gasteiger partial charge in [0.1, 0.15) is 23.3 Å². The highest BCUT2D eigenvalue weighted by atomic mass is 16.3. The molecule has 0 saturated carbocycles. The number of aromatic nitrogens is 1. The smallest absolute Gasteiger partial charge is 0.156 e. The number of furan rings is 1. The minimum absolute atomic E-state index is 0.356. The van der Waals surface area contributed by atoms with Crippen LogP contribution < -0.4 is 0 Å². The van der Waals surface area contributed by atoms with E-state index in [0.29, 0.717) is 38.9 Å². The van der Waals surface area contributed by atoms with Crippen LogP contribution >= 0.6 is 0 Å². The summed E-state index contributed by atoms with van der Waals surface area (Å²) < 4.78 is 9.60. The van der Waals surface area contributed by atoms with Gasteiger partial charge in [-0.2, -0.15) is 10.5 Å². The number of rotatable bonds is 6. The van der Waals surface area contributed by atoms with E-state index in [0.717, 1.165) is 88.4 Å². The summed E-state index contributed by atoms with van der Waals surface area (Å²) in [6.07, 6.45) is 0. The second-order valence-corrected chi connectivity index (χ2v) is 15.9. The van der Waals surface area contributed by atoms with Crippen LogP contribution in [0.5, 0.6) is 0 Å². The van der Waals surface area contributed by atoms with Crippen molar-refractivity contribution in [3.05, 3.63) is 210 Å². The molecule has 0 bridgehead atoms. The number of nitriles is 2. The van der Waals surface area contributed by atoms with Crippen LogP contribution in [-0.4, -0.2) is 4.57 Å². The van der Waals surface area contributed by atoms with Gasteiger partial charge in [-0.3, -0.25) is 0 Å². The Kier molecular flexibility index (Phi) is 8.67. The molecule has 0 saturated heterocycles. The van der Waals surface area contributed by atoms with Crippen LogP contribution in [0.15, 0.2) is 192 Å². The van der Waals surface area contributed by atoms with Crippen LogP contribution in [-0.2, 0) is 0 Å². The van der Waals surface area contributed by atoms with Crippen LogP contribution in [0.4, 0.5) is 0 Å². The molecule has 0 amide bonds. The Hall–Kier alpha value is -8.44. The molecule has 11 aromatic rings. The van der Waals surface area contributed by atoms with Gasteiger partial charge in [-0.25, -0.2) is 0 Å². The van der Waals surface area contributed by atoms with Gasteiger partial charge in [0.2, 0.25) is 0 Å². The van der Waals surface area contributed by atoms with Crippen molar-refractivity contribution < 1.29 is 4.42 Å². The van der Waals surface area contributed by atoms with Gasteiger partial charge >= 0.3 is 0 Å². The van der Waals surface area contributed by atoms with Crippen molar-refractivity contribution in [3.63, 3.8) is 0 Å². The van der Waals surface area contributed by atoms with Gasteiger partial charge in [0, 0.05) is 43.8 Å². The number of benzene rings is 9. The van der Waals surface area contributed by atoms with Crippen LogP contribution in [0.3, 0.4) is 0 Å². The molecule has 0 spiro atoms. The summed E-state index contributed by atoms with van der Waals surface area (Å²) in [5, 5.41) is 27.1. The van der Waals surface area contributed by atoms with E-state index < -0.39 is 0 Å². The van der Waals surface area contributed by atoms with E-state index in [1.165, 1.54) is 0 Å². The van der Waals surface area contributed by atoms with Crippen molar-refractivity contribution >= 4 is 43.7 Å². The fraction of sp³-hybridized carbons (Fsp3) is 0.0345. The molecule has 290 valence electrons. The second-order valence-electron chi connectivity index (χ2n) is 15.9. The van der Waals surface area contributed by atoms with Crippen LogP contribution in [0, 0.1) is 36.5 Å². The van der Waals surface area contributed by atoms with E-state index in [9.17, 15) is 10.5 Å². The van der Waals surface area contributed by atoms with Crippen molar-refractivity contribution in [1.82, 2.24) is 4.57 Å². The molecule has 62 heavy (non-hydrogen) atoms. The SMILES string of the molecule is Cc1ccc2c(c1)c1cc(C)ccc1n2-c1c(-c2ccccc2)c(C#N)c2c(oc3c(-c4ccccc4)c(-c4ccccc4)c(-c4ccccc4)c(-c4ccccc4)c32)c1C#N. The monoisotopic (exact) mass is 791 g/mol. The van der Waals surface area contributed by atoms with Crippen molar-refractivity contribution in [1.29, 1.82) is 10.5 Å². The summed E-state index contributed by atoms with van der Waals surface area (Å²) >= 11 is 0. The highest BCUT2D eigenvalue weighted by molar-refractivity contribution is 6.27. The first-order valence-electron chi connectivity index (χ1n) is 20.8. The number of nitrogens with zero attached hydrogens (tertiary/aromatic N) is 3. The third-order valence-corrected chi connectivity index (χ3v) is 12.2. The zero-order valence-electron chi connectivity index (χ0n) is 34.1. The zero-order valence-corrected chi connectivity index (χ0v) is 34.1. The molecular weight excluding hydrogens is 755 g/mol. The summed E-state index contributed by atoms with van der Waals surface area (Å²) in [4.78, 5) is 0. The maximum absolute atomic E-state index is 11.8. The van der Waals surface area contributed by atoms with Crippen molar-refractivity contribution in [2.45, 2.75) is 13.8 Å². The quantitative estimate of drug-likeness (QED) is 0.168. The average Bonchev–Trinajstić information content (AvgIpc) is 3.86. The molecule has 9 aromatic carbocycles. The Balaban J connectivity index is 1.46. The molecule has 0 atom stereocenters. The number of fused-ring (bicyclic) bond motifs is 6. The second kappa shape index (κ2) is 14.7. The first kappa shape index (κ1) is 36.6. The van der Waals surface area contributed by atoms with Crippen LogP contribution in [0.25, 0.3) is 105 Å². The van der Waals surface area contributed by atoms with Crippen molar-refractivity contribution in [2.24, 2.45) is 0 Å². The van der Waals surface area contributed by atoms with Crippen LogP contribution in [0.1, 0.15) is 22.3 Å². The topological polar surface area (TPSA) is 65.7 Å². The predicted octanol–water partition coefficient (Wildman–Crippen LogP) is 15.4. The minimum Gasteiger partial charge on any atom is -0.454 e. The molecule has 0 N–H and O–H groups in total. The van der Waals surface area contributed by atoms with Gasteiger partial charge in [-0.05, 0) is 71.5 Å². The fourth-order valence-electron chi connectivity index (χ4n) is 9.60. The van der Waals surface area contributed by atoms with Crippen LogP contribution in [0.2, 0.25) is 0 Å². The third-order valence-electron chi connectivity index (χ3n) is 12.2. The summed E-state index contributed by atoms with van der Waals surface area (Å²) in [5.74, 6) is 0. The van der Waals surface area contributed by atoms with Gasteiger partial charge in [-0.1, -0.05) is 175 Å². The molecule has 0 radical (unpaired) electrons. The molecule has 2 heterocycles. The number of hydrogen-bond acceptors (Lipinski definition) is 3. The molecule has 0 fully saturated rings. The molecule has 2 aromatic heterocycles. The third kappa shape index (κ3) is 5.59. The molecular formula is C58H37N3O. The first-order chi connectivity index (χ1) is 30.6. The summed E-state index contributed by atoms with van der Waals surface area (Å²) in [5.41, 5.74) is 15.9. The molecule has 0 aliphatic rings. The zero-order chi connectivity index (χ0) is 41.9. The molecule has 11 rings (SSSR count). The Morgan fingerprint density at radius 3 is 1.21 bits per heavy atom. The Morgan fingerprint density at radius 2 is 0.774 bits per heavy atom. The predicted molar refractivity (Wildman–Crippen MR) is 254 cm³/mol. The Morgan fingerprint density at radius 1 is 0.387 bits per heavy atom. The molecule has 4 heteroatoms. The van der Waals surface area contributed by atoms with E-state index in [-0.39, 0.29) is 0 Å². The van der Waals surface area contributed by atoms with E-state index in [1.54, 1.807) is 0 Å². The van der Waals surface area contributed by atoms with Gasteiger partial charge in [0.15, 0.2) is 5.58 Å². The Bertz CT molecular complexity index is 3570. The number of hydrogen-bond donors (Lipinski definition) is 0. The fourth-order valence-corrected chi connectivity index (χ4v) is 9.60. The van der Waals surface area contributed by atoms with Crippen molar-refractivity contribution in [3.8, 4) is 73.5 Å². The van der Waals surface area contributed by atoms with E-state index in [1.807, 2.05) is 66.7 Å². The lowest BCUT2D eigenvalue weighted by Gasteiger charge is -2.22. The van der Waals surface area contributed by atoms with Crippen molar-refractivity contribution in [2.75, 3.05) is 0 Å². The maximum Gasteiger partial charge on any atom is 0.156 e. The molecule has 4 nitrogen and oxygen atoms in total. The maximum atomic E-state index is 11.8. The molecule has 0 aliphatic carbocycles. The minimum atomic E-state index is 0.356. The summed E-state index contributed by atoms with van der Waals surface area (Å²) in [7, 11) is 0. The van der Waals surface area contributed by atoms with E-state index in [2.05, 4.69) is 152 Å². The van der Waals surface area contributed by atoms with Gasteiger partial charge in [0.05, 0.1) is 22.3 Å². The summed E-state index contributed by atoms with van der Waals surface area (Å²) in [6, 6.07) is 70.1. The lowest BCUT2D eigenvalue weighted by atomic mass is 9.79. The van der Waals surface area contributed by atoms with Gasteiger partial charge < -0.3 is 8.98 Å². The average molecular weight is 792 g/mol. The molecule has 0 aliphatic heterocycles. The Labute approximate surface area is 359 Å². The van der Waals surface area contributed by atoms with Gasteiger partial charge in [0.25, 0.3) is 0 Å². The highest BCUT2D eigenvalue weighted by Crippen LogP contribution is 2.56. The normalized spacial score (nSPS) is 11.4. The highest BCUT2D eigenvalue weighted by Gasteiger charge is 2.33. The van der Waals surface area contributed by atoms with Gasteiger partial charge in [-0.15, -0.1) is 0 Å².